The average molecular weight is 297 g/mol. The Morgan fingerprint density at radius 3 is 2.45 bits per heavy atom. The van der Waals surface area contributed by atoms with Crippen LogP contribution < -0.4 is 5.73 Å². The van der Waals surface area contributed by atoms with E-state index in [-0.39, 0.29) is 0 Å². The number of carbonyl (C=O) groups is 1. The zero-order chi connectivity index (χ0) is 15.9. The Balaban J connectivity index is 2.13. The van der Waals surface area contributed by atoms with Crippen LogP contribution in [-0.4, -0.2) is 17.1 Å². The van der Waals surface area contributed by atoms with Gasteiger partial charge in [-0.2, -0.15) is 0 Å². The van der Waals surface area contributed by atoms with E-state index in [0.29, 0.717) is 6.42 Å². The van der Waals surface area contributed by atoms with Crippen LogP contribution in [0, 0.1) is 0 Å². The van der Waals surface area contributed by atoms with E-state index in [4.69, 9.17) is 10.8 Å². The van der Waals surface area contributed by atoms with E-state index >= 15 is 0 Å². The Bertz CT molecular complexity index is 620. The molecule has 2 aromatic carbocycles. The lowest BCUT2D eigenvalue weighted by atomic mass is 9.98. The van der Waals surface area contributed by atoms with Crippen molar-refractivity contribution in [1.82, 2.24) is 0 Å². The van der Waals surface area contributed by atoms with Crippen molar-refractivity contribution >= 4 is 5.97 Å². The van der Waals surface area contributed by atoms with Gasteiger partial charge in [-0.05, 0) is 41.5 Å². The lowest BCUT2D eigenvalue weighted by molar-refractivity contribution is -0.138. The predicted molar refractivity (Wildman–Crippen MR) is 89.8 cm³/mol. The molecule has 116 valence electrons. The van der Waals surface area contributed by atoms with Gasteiger partial charge in [-0.25, -0.2) is 0 Å². The number of hydrogen-bond donors (Lipinski definition) is 2. The first kappa shape index (κ1) is 16.2. The number of benzene rings is 2. The molecule has 3 N–H and O–H groups in total. The molecule has 0 aliphatic rings. The summed E-state index contributed by atoms with van der Waals surface area (Å²) in [6, 6.07) is 15.7. The zero-order valence-electron chi connectivity index (χ0n) is 13.0. The van der Waals surface area contributed by atoms with Crippen molar-refractivity contribution in [2.24, 2.45) is 5.73 Å². The predicted octanol–water partition coefficient (Wildman–Crippen LogP) is 3.65. The van der Waals surface area contributed by atoms with Crippen LogP contribution in [0.1, 0.15) is 30.9 Å². The molecule has 0 heterocycles. The van der Waals surface area contributed by atoms with Crippen LogP contribution in [-0.2, 0) is 17.6 Å². The van der Waals surface area contributed by atoms with Crippen LogP contribution in [0.2, 0.25) is 0 Å². The largest absolute Gasteiger partial charge is 0.480 e. The first-order valence-electron chi connectivity index (χ1n) is 7.76. The Labute approximate surface area is 131 Å². The van der Waals surface area contributed by atoms with Gasteiger partial charge in [-0.3, -0.25) is 4.79 Å². The van der Waals surface area contributed by atoms with E-state index in [1.165, 1.54) is 18.4 Å². The van der Waals surface area contributed by atoms with Crippen LogP contribution in [0.4, 0.5) is 0 Å². The first-order chi connectivity index (χ1) is 10.6. The second-order valence-electron chi connectivity index (χ2n) is 5.65. The van der Waals surface area contributed by atoms with Crippen molar-refractivity contribution in [3.63, 3.8) is 0 Å². The molecule has 0 bridgehead atoms. The van der Waals surface area contributed by atoms with Gasteiger partial charge in [0.05, 0.1) is 0 Å². The number of aryl methyl sites for hydroxylation is 1. The van der Waals surface area contributed by atoms with Crippen LogP contribution in [0.15, 0.2) is 48.5 Å². The van der Waals surface area contributed by atoms with Gasteiger partial charge in [-0.15, -0.1) is 0 Å². The number of hydrogen-bond acceptors (Lipinski definition) is 2. The van der Waals surface area contributed by atoms with Gasteiger partial charge >= 0.3 is 5.97 Å². The number of carboxylic acids is 1. The highest BCUT2D eigenvalue weighted by Crippen LogP contribution is 2.22. The highest BCUT2D eigenvalue weighted by atomic mass is 16.4. The van der Waals surface area contributed by atoms with Crippen LogP contribution in [0.5, 0.6) is 0 Å². The van der Waals surface area contributed by atoms with Gasteiger partial charge < -0.3 is 10.8 Å². The summed E-state index contributed by atoms with van der Waals surface area (Å²) in [5.41, 5.74) is 10.1. The molecule has 3 heteroatoms. The molecule has 0 radical (unpaired) electrons. The third-order valence-electron chi connectivity index (χ3n) is 3.81. The second kappa shape index (κ2) is 7.76. The fraction of sp³-hybridized carbons (Fsp3) is 0.316. The van der Waals surface area contributed by atoms with Crippen LogP contribution >= 0.6 is 0 Å². The smallest absolute Gasteiger partial charge is 0.320 e. The maximum Gasteiger partial charge on any atom is 0.320 e. The Morgan fingerprint density at radius 1 is 1.09 bits per heavy atom. The van der Waals surface area contributed by atoms with Crippen molar-refractivity contribution in [3.8, 4) is 11.1 Å². The highest BCUT2D eigenvalue weighted by molar-refractivity contribution is 5.73. The number of unbranched alkanes of at least 4 members (excludes halogenated alkanes) is 1. The normalized spacial score (nSPS) is 12.1. The van der Waals surface area contributed by atoms with E-state index in [9.17, 15) is 4.79 Å². The molecule has 0 spiro atoms. The molecule has 0 fully saturated rings. The highest BCUT2D eigenvalue weighted by Gasteiger charge is 2.12. The van der Waals surface area contributed by atoms with Gasteiger partial charge in [0.25, 0.3) is 0 Å². The zero-order valence-corrected chi connectivity index (χ0v) is 13.0. The topological polar surface area (TPSA) is 63.3 Å². The summed E-state index contributed by atoms with van der Waals surface area (Å²) in [6.07, 6.45) is 3.87. The lowest BCUT2D eigenvalue weighted by Gasteiger charge is -2.09. The quantitative estimate of drug-likeness (QED) is 0.820. The monoisotopic (exact) mass is 297 g/mol. The summed E-state index contributed by atoms with van der Waals surface area (Å²) in [5.74, 6) is -0.967. The maximum absolute atomic E-state index is 10.9. The summed E-state index contributed by atoms with van der Waals surface area (Å²) in [6.45, 7) is 2.20. The van der Waals surface area contributed by atoms with Crippen molar-refractivity contribution in [1.29, 1.82) is 0 Å². The summed E-state index contributed by atoms with van der Waals surface area (Å²) in [4.78, 5) is 10.9. The molecule has 0 saturated carbocycles. The van der Waals surface area contributed by atoms with E-state index in [2.05, 4.69) is 31.2 Å². The Hall–Kier alpha value is -2.13. The Kier molecular flexibility index (Phi) is 5.73. The van der Waals surface area contributed by atoms with Gasteiger partial charge in [-0.1, -0.05) is 61.9 Å². The molecule has 0 aliphatic carbocycles. The summed E-state index contributed by atoms with van der Waals surface area (Å²) in [7, 11) is 0. The van der Waals surface area contributed by atoms with Crippen molar-refractivity contribution < 1.29 is 9.90 Å². The van der Waals surface area contributed by atoms with E-state index in [1.807, 2.05) is 24.3 Å². The van der Waals surface area contributed by atoms with Crippen LogP contribution in [0.25, 0.3) is 11.1 Å². The summed E-state index contributed by atoms with van der Waals surface area (Å²) < 4.78 is 0. The standard InChI is InChI=1S/C19H23NO2/c1-2-3-5-14-8-10-16(11-9-14)17-7-4-6-15(12-17)13-18(20)19(21)22/h4,6-12,18H,2-3,5,13,20H2,1H3,(H,21,22). The molecule has 1 unspecified atom stereocenters. The lowest BCUT2D eigenvalue weighted by Crippen LogP contribution is -2.32. The molecule has 22 heavy (non-hydrogen) atoms. The van der Waals surface area contributed by atoms with Crippen molar-refractivity contribution in [3.05, 3.63) is 59.7 Å². The van der Waals surface area contributed by atoms with E-state index in [1.54, 1.807) is 0 Å². The van der Waals surface area contributed by atoms with Gasteiger partial charge in [0.2, 0.25) is 0 Å². The number of aliphatic carboxylic acids is 1. The molecule has 3 nitrogen and oxygen atoms in total. The third kappa shape index (κ3) is 4.43. The van der Waals surface area contributed by atoms with Gasteiger partial charge in [0.15, 0.2) is 0 Å². The first-order valence-corrected chi connectivity index (χ1v) is 7.76. The van der Waals surface area contributed by atoms with Gasteiger partial charge in [0.1, 0.15) is 6.04 Å². The van der Waals surface area contributed by atoms with Crippen molar-refractivity contribution in [2.75, 3.05) is 0 Å². The second-order valence-corrected chi connectivity index (χ2v) is 5.65. The molecule has 0 saturated heterocycles. The fourth-order valence-corrected chi connectivity index (χ4v) is 2.46. The number of carboxylic acid groups (broad SMARTS) is 1. The summed E-state index contributed by atoms with van der Waals surface area (Å²) >= 11 is 0. The third-order valence-corrected chi connectivity index (χ3v) is 3.81. The summed E-state index contributed by atoms with van der Waals surface area (Å²) in [5, 5.41) is 8.91. The fourth-order valence-electron chi connectivity index (χ4n) is 2.46. The van der Waals surface area contributed by atoms with E-state index < -0.39 is 12.0 Å². The minimum atomic E-state index is -0.967. The average Bonchev–Trinajstić information content (AvgIpc) is 2.53. The molecular formula is C19H23NO2. The molecule has 0 aliphatic heterocycles. The van der Waals surface area contributed by atoms with Crippen LogP contribution in [0.3, 0.4) is 0 Å². The van der Waals surface area contributed by atoms with Gasteiger partial charge in [0, 0.05) is 0 Å². The molecule has 1 atom stereocenters. The number of rotatable bonds is 7. The maximum atomic E-state index is 10.9. The molecule has 2 rings (SSSR count). The number of nitrogens with two attached hydrogens (primary N) is 1. The molecular weight excluding hydrogens is 274 g/mol. The minimum absolute atomic E-state index is 0.345. The van der Waals surface area contributed by atoms with E-state index in [0.717, 1.165) is 23.1 Å². The van der Waals surface area contributed by atoms with Crippen molar-refractivity contribution in [2.45, 2.75) is 38.6 Å². The minimum Gasteiger partial charge on any atom is -0.480 e. The molecule has 0 amide bonds. The molecule has 2 aromatic rings. The SMILES string of the molecule is CCCCc1ccc(-c2cccc(CC(N)C(=O)O)c2)cc1. The molecule has 0 aromatic heterocycles. The Morgan fingerprint density at radius 2 is 1.82 bits per heavy atom.